The number of likely N-dealkylation sites (N-methyl/N-ethyl adjacent to an activating group) is 1. The zero-order valence-electron chi connectivity index (χ0n) is 22.0. The zero-order valence-corrected chi connectivity index (χ0v) is 22.8. The first-order chi connectivity index (χ1) is 18.2. The Labute approximate surface area is 226 Å². The van der Waals surface area contributed by atoms with E-state index < -0.39 is 17.4 Å². The minimum atomic E-state index is -1.13. The number of carbonyl (C=O) groups is 2. The van der Waals surface area contributed by atoms with Crippen molar-refractivity contribution in [1.82, 2.24) is 19.7 Å². The van der Waals surface area contributed by atoms with E-state index in [2.05, 4.69) is 16.8 Å². The van der Waals surface area contributed by atoms with Crippen LogP contribution >= 0.6 is 11.6 Å². The predicted octanol–water partition coefficient (Wildman–Crippen LogP) is 5.10. The summed E-state index contributed by atoms with van der Waals surface area (Å²) in [4.78, 5) is 36.4. The fraction of sp³-hybridized carbons (Fsp3) is 0.500. The molecule has 2 aliphatic heterocycles. The second kappa shape index (κ2) is 10.4. The van der Waals surface area contributed by atoms with E-state index in [0.717, 1.165) is 41.9 Å². The number of nitrogens with zero attached hydrogens (tertiary/aromatic N) is 3. The smallest absolute Gasteiger partial charge is 0.328 e. The number of hydrogen-bond donors (Lipinski definition) is 2. The molecule has 204 valence electrons. The number of rotatable bonds is 9. The van der Waals surface area contributed by atoms with Crippen LogP contribution < -0.4 is 0 Å². The zero-order chi connectivity index (χ0) is 27.2. The molecule has 38 heavy (non-hydrogen) atoms. The number of halogens is 2. The van der Waals surface area contributed by atoms with Gasteiger partial charge in [-0.25, -0.2) is 9.18 Å². The van der Waals surface area contributed by atoms with Gasteiger partial charge in [0.25, 0.3) is 5.91 Å². The molecule has 1 aromatic carbocycles. The Morgan fingerprint density at radius 3 is 2.82 bits per heavy atom. The Morgan fingerprint density at radius 2 is 2.11 bits per heavy atom. The second-order valence-corrected chi connectivity index (χ2v) is 10.9. The van der Waals surface area contributed by atoms with Crippen LogP contribution in [0.5, 0.6) is 0 Å². The van der Waals surface area contributed by atoms with Crippen LogP contribution in [0, 0.1) is 5.82 Å². The highest BCUT2D eigenvalue weighted by molar-refractivity contribution is 6.31. The van der Waals surface area contributed by atoms with Crippen LogP contribution in [0.2, 0.25) is 5.02 Å². The van der Waals surface area contributed by atoms with Crippen molar-refractivity contribution >= 4 is 34.4 Å². The predicted molar refractivity (Wildman–Crippen MR) is 144 cm³/mol. The molecule has 3 amide bonds. The van der Waals surface area contributed by atoms with Gasteiger partial charge in [0.2, 0.25) is 0 Å². The topological polar surface area (TPSA) is 89.1 Å². The van der Waals surface area contributed by atoms with Gasteiger partial charge in [-0.05, 0) is 62.2 Å². The lowest BCUT2D eigenvalue weighted by Crippen LogP contribution is -2.53. The number of aliphatic hydroxyl groups excluding tert-OH is 1. The Hall–Kier alpha value is -2.88. The van der Waals surface area contributed by atoms with Gasteiger partial charge in [-0.3, -0.25) is 14.6 Å². The molecule has 10 heteroatoms. The monoisotopic (exact) mass is 544 g/mol. The highest BCUT2D eigenvalue weighted by Gasteiger charge is 2.60. The van der Waals surface area contributed by atoms with E-state index in [-0.39, 0.29) is 29.1 Å². The van der Waals surface area contributed by atoms with E-state index in [1.807, 2.05) is 6.08 Å². The number of aromatic nitrogens is 1. The van der Waals surface area contributed by atoms with Crippen molar-refractivity contribution in [3.8, 4) is 0 Å². The molecule has 0 bridgehead atoms. The first kappa shape index (κ1) is 26.7. The number of aromatic amines is 1. The number of ether oxygens (including phenoxy) is 1. The number of H-pyrrole nitrogens is 1. The molecule has 0 radical (unpaired) electrons. The molecule has 1 aromatic heterocycles. The third-order valence-corrected chi connectivity index (χ3v) is 8.34. The fourth-order valence-electron chi connectivity index (χ4n) is 6.06. The number of nitrogens with one attached hydrogen (secondary N) is 1. The summed E-state index contributed by atoms with van der Waals surface area (Å²) in [5.41, 5.74) is 1.72. The molecule has 8 nitrogen and oxygen atoms in total. The number of fused-ring (bicyclic) bond motifs is 4. The number of urea groups is 1. The van der Waals surface area contributed by atoms with Gasteiger partial charge in [0, 0.05) is 49.6 Å². The van der Waals surface area contributed by atoms with Crippen molar-refractivity contribution in [2.75, 3.05) is 39.9 Å². The quantitative estimate of drug-likeness (QED) is 0.429. The van der Waals surface area contributed by atoms with Crippen LogP contribution in [0.4, 0.5) is 9.18 Å². The maximum atomic E-state index is 14.3. The van der Waals surface area contributed by atoms with E-state index in [1.54, 1.807) is 31.1 Å². The molecule has 0 spiro atoms. The van der Waals surface area contributed by atoms with Gasteiger partial charge < -0.3 is 19.7 Å². The molecule has 5 rings (SSSR count). The van der Waals surface area contributed by atoms with Crippen molar-refractivity contribution < 1.29 is 23.8 Å². The SMILES string of the molecule is CCN(CCCN1C(=O)N2[C@H](C3=CCCC(O)=C3)c3[nH]c4cc(F)c(Cl)cc4c3C[C@@]2(C)C1=O)CCOC. The summed E-state index contributed by atoms with van der Waals surface area (Å²) in [6.45, 7) is 7.19. The standard InChI is InChI=1S/C28H34ClFN4O4/c1-4-32(11-12-38-3)9-6-10-33-26(36)28(2)16-20-19-14-21(29)22(30)15-23(19)31-24(20)25(34(28)27(33)37)17-7-5-8-18(35)13-17/h7,13-15,25,31,35H,4-6,8-12,16H2,1-3H3/t25-,28+/m1/s1. The highest BCUT2D eigenvalue weighted by Crippen LogP contribution is 2.50. The number of carbonyl (C=O) groups excluding carboxylic acids is 2. The molecule has 1 fully saturated rings. The molecule has 1 aliphatic carbocycles. The van der Waals surface area contributed by atoms with Crippen LogP contribution in [0.15, 0.2) is 35.6 Å². The van der Waals surface area contributed by atoms with Crippen molar-refractivity contribution in [1.29, 1.82) is 0 Å². The maximum Gasteiger partial charge on any atom is 0.328 e. The number of amides is 3. The average Bonchev–Trinajstić information content (AvgIpc) is 3.31. The Morgan fingerprint density at radius 1 is 1.32 bits per heavy atom. The Kier molecular flexibility index (Phi) is 7.28. The summed E-state index contributed by atoms with van der Waals surface area (Å²) in [5, 5.41) is 11.1. The lowest BCUT2D eigenvalue weighted by Gasteiger charge is -2.43. The van der Waals surface area contributed by atoms with E-state index >= 15 is 0 Å². The largest absolute Gasteiger partial charge is 0.512 e. The fourth-order valence-corrected chi connectivity index (χ4v) is 6.22. The number of benzene rings is 1. The van der Waals surface area contributed by atoms with Crippen LogP contribution in [-0.2, 0) is 16.0 Å². The van der Waals surface area contributed by atoms with Gasteiger partial charge in [0.15, 0.2) is 0 Å². The minimum Gasteiger partial charge on any atom is -0.512 e. The van der Waals surface area contributed by atoms with Crippen LogP contribution in [0.1, 0.15) is 50.4 Å². The summed E-state index contributed by atoms with van der Waals surface area (Å²) in [6.07, 6.45) is 5.74. The molecule has 2 aromatic rings. The number of aliphatic hydroxyl groups is 1. The lowest BCUT2D eigenvalue weighted by atomic mass is 9.80. The minimum absolute atomic E-state index is 0.00209. The number of imide groups is 1. The van der Waals surface area contributed by atoms with Crippen LogP contribution in [-0.4, -0.2) is 82.2 Å². The maximum absolute atomic E-state index is 14.3. The van der Waals surface area contributed by atoms with E-state index in [4.69, 9.17) is 16.3 Å². The first-order valence-electron chi connectivity index (χ1n) is 13.1. The molecule has 0 saturated carbocycles. The van der Waals surface area contributed by atoms with E-state index in [9.17, 15) is 19.1 Å². The summed E-state index contributed by atoms with van der Waals surface area (Å²) in [7, 11) is 1.67. The van der Waals surface area contributed by atoms with Gasteiger partial charge in [-0.2, -0.15) is 0 Å². The Bertz CT molecular complexity index is 1340. The van der Waals surface area contributed by atoms with Gasteiger partial charge >= 0.3 is 6.03 Å². The number of hydrogen-bond acceptors (Lipinski definition) is 5. The number of allylic oxidation sites excluding steroid dienone is 2. The average molecular weight is 545 g/mol. The molecule has 3 aliphatic rings. The highest BCUT2D eigenvalue weighted by atomic mass is 35.5. The molecule has 1 saturated heterocycles. The molecule has 2 N–H and O–H groups in total. The third kappa shape index (κ3) is 4.40. The van der Waals surface area contributed by atoms with E-state index in [1.165, 1.54) is 11.0 Å². The molecular weight excluding hydrogens is 511 g/mol. The second-order valence-electron chi connectivity index (χ2n) is 10.5. The van der Waals surface area contributed by atoms with Crippen LogP contribution in [0.3, 0.4) is 0 Å². The summed E-state index contributed by atoms with van der Waals surface area (Å²) >= 11 is 6.14. The third-order valence-electron chi connectivity index (χ3n) is 8.05. The van der Waals surface area contributed by atoms with Gasteiger partial charge in [0.05, 0.1) is 17.4 Å². The summed E-state index contributed by atoms with van der Waals surface area (Å²) in [6, 6.07) is 1.95. The normalized spacial score (nSPS) is 23.3. The molecule has 0 unspecified atom stereocenters. The Balaban J connectivity index is 1.52. The van der Waals surface area contributed by atoms with Crippen LogP contribution in [0.25, 0.3) is 10.9 Å². The first-order valence-corrected chi connectivity index (χ1v) is 13.5. The number of methoxy groups -OCH3 is 1. The lowest BCUT2D eigenvalue weighted by molar-refractivity contribution is -0.133. The molecule has 3 heterocycles. The summed E-state index contributed by atoms with van der Waals surface area (Å²) in [5.74, 6) is -0.558. The van der Waals surface area contributed by atoms with Crippen molar-refractivity contribution in [2.24, 2.45) is 0 Å². The van der Waals surface area contributed by atoms with Crippen molar-refractivity contribution in [3.63, 3.8) is 0 Å². The van der Waals surface area contributed by atoms with Crippen molar-refractivity contribution in [3.05, 3.63) is 57.7 Å². The summed E-state index contributed by atoms with van der Waals surface area (Å²) < 4.78 is 19.5. The van der Waals surface area contributed by atoms with Crippen molar-refractivity contribution in [2.45, 2.75) is 51.1 Å². The molecular formula is C28H34ClFN4O4. The van der Waals surface area contributed by atoms with Gasteiger partial charge in [-0.1, -0.05) is 24.6 Å². The van der Waals surface area contributed by atoms with E-state index in [0.29, 0.717) is 37.9 Å². The molecule has 2 atom stereocenters. The van der Waals surface area contributed by atoms with Gasteiger partial charge in [-0.15, -0.1) is 0 Å². The van der Waals surface area contributed by atoms with Gasteiger partial charge in [0.1, 0.15) is 17.4 Å².